The molecule has 1 aromatic carbocycles. The molecular formula is C15H15N3S. The minimum Gasteiger partial charge on any atom is -0.370 e. The van der Waals surface area contributed by atoms with Crippen LogP contribution in [-0.4, -0.2) is 16.5 Å². The number of aromatic nitrogens is 2. The Balaban J connectivity index is 2.01. The fraction of sp³-hybridized carbons (Fsp3) is 0.200. The molecule has 0 aliphatic heterocycles. The summed E-state index contributed by atoms with van der Waals surface area (Å²) in [7, 11) is 0. The van der Waals surface area contributed by atoms with Crippen LogP contribution in [0.3, 0.4) is 0 Å². The highest BCUT2D eigenvalue weighted by Gasteiger charge is 2.08. The van der Waals surface area contributed by atoms with Crippen molar-refractivity contribution in [1.29, 1.82) is 0 Å². The summed E-state index contributed by atoms with van der Waals surface area (Å²) in [4.78, 5) is 8.64. The Morgan fingerprint density at radius 3 is 3.00 bits per heavy atom. The molecule has 0 amide bonds. The second-order valence-corrected chi connectivity index (χ2v) is 5.27. The molecule has 0 saturated carbocycles. The van der Waals surface area contributed by atoms with Gasteiger partial charge in [0.2, 0.25) is 0 Å². The molecule has 3 rings (SSSR count). The Bertz CT molecular complexity index is 690. The molecule has 19 heavy (non-hydrogen) atoms. The Kier molecular flexibility index (Phi) is 3.42. The number of hydrogen-bond donors (Lipinski definition) is 1. The van der Waals surface area contributed by atoms with Crippen molar-refractivity contribution in [2.45, 2.75) is 13.3 Å². The summed E-state index contributed by atoms with van der Waals surface area (Å²) in [5.41, 5.74) is 2.16. The highest BCUT2D eigenvalue weighted by atomic mass is 32.1. The molecule has 0 radical (unpaired) electrons. The summed E-state index contributed by atoms with van der Waals surface area (Å²) < 4.78 is 1.29. The lowest BCUT2D eigenvalue weighted by molar-refractivity contribution is 0.965. The van der Waals surface area contributed by atoms with Gasteiger partial charge in [-0.25, -0.2) is 9.97 Å². The van der Waals surface area contributed by atoms with Crippen molar-refractivity contribution >= 4 is 27.2 Å². The van der Waals surface area contributed by atoms with Gasteiger partial charge in [-0.3, -0.25) is 0 Å². The number of benzene rings is 1. The van der Waals surface area contributed by atoms with Crippen LogP contribution in [0.25, 0.3) is 21.3 Å². The molecule has 0 spiro atoms. The first-order chi connectivity index (χ1) is 9.38. The maximum Gasteiger partial charge on any atom is 0.129 e. The van der Waals surface area contributed by atoms with Crippen molar-refractivity contribution in [2.75, 3.05) is 11.9 Å². The van der Waals surface area contributed by atoms with Crippen molar-refractivity contribution in [3.63, 3.8) is 0 Å². The Hall–Kier alpha value is -1.94. The predicted molar refractivity (Wildman–Crippen MR) is 81.6 cm³/mol. The number of nitrogens with zero attached hydrogens (tertiary/aromatic N) is 2. The lowest BCUT2D eigenvalue weighted by atomic mass is 10.1. The van der Waals surface area contributed by atoms with E-state index in [0.29, 0.717) is 0 Å². The third-order valence-corrected chi connectivity index (χ3v) is 3.94. The third kappa shape index (κ3) is 2.44. The maximum atomic E-state index is 4.40. The molecule has 2 heterocycles. The largest absolute Gasteiger partial charge is 0.370 e. The predicted octanol–water partition coefficient (Wildman–Crippen LogP) is 4.18. The Morgan fingerprint density at radius 2 is 2.11 bits per heavy atom. The summed E-state index contributed by atoms with van der Waals surface area (Å²) in [5.74, 6) is 0.891. The van der Waals surface area contributed by atoms with E-state index >= 15 is 0 Å². The lowest BCUT2D eigenvalue weighted by Gasteiger charge is -2.05. The summed E-state index contributed by atoms with van der Waals surface area (Å²) in [5, 5.41) is 6.72. The number of anilines is 1. The summed E-state index contributed by atoms with van der Waals surface area (Å²) in [6, 6.07) is 10.4. The van der Waals surface area contributed by atoms with Crippen LogP contribution < -0.4 is 5.32 Å². The zero-order valence-corrected chi connectivity index (χ0v) is 11.6. The van der Waals surface area contributed by atoms with E-state index in [1.54, 1.807) is 17.7 Å². The van der Waals surface area contributed by atoms with E-state index in [9.17, 15) is 0 Å². The van der Waals surface area contributed by atoms with E-state index in [0.717, 1.165) is 24.5 Å². The molecule has 3 aromatic rings. The minimum atomic E-state index is 0.891. The van der Waals surface area contributed by atoms with Crippen molar-refractivity contribution in [1.82, 2.24) is 9.97 Å². The standard InChI is InChI=1S/C15H15N3S/c1-2-7-16-15-8-13(17-10-18-15)12-9-19-14-6-4-3-5-11(12)14/h3-6,8-10H,2,7H2,1H3,(H,16,17,18). The van der Waals surface area contributed by atoms with Gasteiger partial charge in [-0.1, -0.05) is 25.1 Å². The average Bonchev–Trinajstić information content (AvgIpc) is 2.89. The van der Waals surface area contributed by atoms with Gasteiger partial charge in [-0.2, -0.15) is 0 Å². The van der Waals surface area contributed by atoms with Gasteiger partial charge in [0.25, 0.3) is 0 Å². The first-order valence-corrected chi connectivity index (χ1v) is 7.29. The van der Waals surface area contributed by atoms with Crippen LogP contribution in [0, 0.1) is 0 Å². The second kappa shape index (κ2) is 5.36. The Morgan fingerprint density at radius 1 is 1.21 bits per heavy atom. The number of nitrogens with one attached hydrogen (secondary N) is 1. The van der Waals surface area contributed by atoms with Gasteiger partial charge in [0.15, 0.2) is 0 Å². The fourth-order valence-corrected chi connectivity index (χ4v) is 2.99. The second-order valence-electron chi connectivity index (χ2n) is 4.36. The van der Waals surface area contributed by atoms with Crippen molar-refractivity contribution in [3.8, 4) is 11.3 Å². The number of thiophene rings is 1. The van der Waals surface area contributed by atoms with Crippen LogP contribution >= 0.6 is 11.3 Å². The normalized spacial score (nSPS) is 10.8. The van der Waals surface area contributed by atoms with Crippen molar-refractivity contribution in [3.05, 3.63) is 42.0 Å². The summed E-state index contributed by atoms with van der Waals surface area (Å²) in [6.07, 6.45) is 2.71. The molecule has 0 unspecified atom stereocenters. The average molecular weight is 269 g/mol. The Labute approximate surface area is 116 Å². The van der Waals surface area contributed by atoms with Crippen LogP contribution in [0.2, 0.25) is 0 Å². The van der Waals surface area contributed by atoms with Gasteiger partial charge in [0.05, 0.1) is 5.69 Å². The molecule has 0 aliphatic rings. The topological polar surface area (TPSA) is 37.8 Å². The zero-order chi connectivity index (χ0) is 13.1. The van der Waals surface area contributed by atoms with E-state index in [1.807, 2.05) is 6.07 Å². The molecule has 0 aliphatic carbocycles. The molecule has 3 nitrogen and oxygen atoms in total. The molecule has 0 saturated heterocycles. The zero-order valence-electron chi connectivity index (χ0n) is 10.8. The molecule has 0 atom stereocenters. The van der Waals surface area contributed by atoms with Crippen LogP contribution in [0.1, 0.15) is 13.3 Å². The summed E-state index contributed by atoms with van der Waals surface area (Å²) >= 11 is 1.75. The smallest absolute Gasteiger partial charge is 0.129 e. The minimum absolute atomic E-state index is 0.891. The van der Waals surface area contributed by atoms with Crippen LogP contribution in [0.15, 0.2) is 42.0 Å². The molecular weight excluding hydrogens is 254 g/mol. The number of rotatable bonds is 4. The van der Waals surface area contributed by atoms with Crippen LogP contribution in [0.4, 0.5) is 5.82 Å². The van der Waals surface area contributed by atoms with E-state index in [2.05, 4.69) is 51.9 Å². The van der Waals surface area contributed by atoms with E-state index < -0.39 is 0 Å². The monoisotopic (exact) mass is 269 g/mol. The van der Waals surface area contributed by atoms with E-state index in [1.165, 1.54) is 15.6 Å². The summed E-state index contributed by atoms with van der Waals surface area (Å²) in [6.45, 7) is 3.07. The lowest BCUT2D eigenvalue weighted by Crippen LogP contribution is -2.02. The highest BCUT2D eigenvalue weighted by molar-refractivity contribution is 7.17. The van der Waals surface area contributed by atoms with Gasteiger partial charge >= 0.3 is 0 Å². The van der Waals surface area contributed by atoms with Crippen LogP contribution in [0.5, 0.6) is 0 Å². The number of hydrogen-bond acceptors (Lipinski definition) is 4. The first-order valence-electron chi connectivity index (χ1n) is 6.41. The SMILES string of the molecule is CCCNc1cc(-c2csc3ccccc23)ncn1. The quantitative estimate of drug-likeness (QED) is 0.772. The molecule has 1 N–H and O–H groups in total. The fourth-order valence-electron chi connectivity index (χ4n) is 2.03. The van der Waals surface area contributed by atoms with E-state index in [-0.39, 0.29) is 0 Å². The van der Waals surface area contributed by atoms with Gasteiger partial charge < -0.3 is 5.32 Å². The van der Waals surface area contributed by atoms with Gasteiger partial charge in [0, 0.05) is 33.6 Å². The third-order valence-electron chi connectivity index (χ3n) is 2.98. The van der Waals surface area contributed by atoms with Gasteiger partial charge in [-0.15, -0.1) is 11.3 Å². The maximum absolute atomic E-state index is 4.40. The highest BCUT2D eigenvalue weighted by Crippen LogP contribution is 2.33. The molecule has 4 heteroatoms. The van der Waals surface area contributed by atoms with Crippen LogP contribution in [-0.2, 0) is 0 Å². The first kappa shape index (κ1) is 12.1. The van der Waals surface area contributed by atoms with Crippen molar-refractivity contribution < 1.29 is 0 Å². The molecule has 96 valence electrons. The van der Waals surface area contributed by atoms with Crippen molar-refractivity contribution in [2.24, 2.45) is 0 Å². The van der Waals surface area contributed by atoms with Gasteiger partial charge in [-0.05, 0) is 12.5 Å². The molecule has 0 bridgehead atoms. The van der Waals surface area contributed by atoms with Gasteiger partial charge in [0.1, 0.15) is 12.1 Å². The van der Waals surface area contributed by atoms with E-state index in [4.69, 9.17) is 0 Å². The number of fused-ring (bicyclic) bond motifs is 1. The molecule has 0 fully saturated rings. The molecule has 2 aromatic heterocycles.